The molecule has 154 valence electrons. The van der Waals surface area contributed by atoms with Gasteiger partial charge in [-0.05, 0) is 47.7 Å². The molecular weight excluding hydrogens is 366 g/mol. The molecule has 3 nitrogen and oxygen atoms in total. The number of aryl methyl sites for hydroxylation is 1. The monoisotopic (exact) mass is 397 g/mol. The Kier molecular flexibility index (Phi) is 3.90. The van der Waals surface area contributed by atoms with Crippen LogP contribution in [-0.2, 0) is 10.8 Å². The summed E-state index contributed by atoms with van der Waals surface area (Å²) in [6.45, 7) is 14.1. The van der Waals surface area contributed by atoms with E-state index < -0.39 is 0 Å². The van der Waals surface area contributed by atoms with Gasteiger partial charge in [0.1, 0.15) is 6.17 Å². The van der Waals surface area contributed by atoms with Gasteiger partial charge < -0.3 is 9.80 Å². The van der Waals surface area contributed by atoms with Crippen molar-refractivity contribution < 1.29 is 0 Å². The van der Waals surface area contributed by atoms with Gasteiger partial charge in [-0.3, -0.25) is 4.98 Å². The van der Waals surface area contributed by atoms with Crippen molar-refractivity contribution in [3.05, 3.63) is 71.7 Å². The molecular formula is C27H31N3. The SMILES string of the molecule is Cc1ccc2c(c1N1C=CN(C)[C@@H]1C)C(C)(C)C(C)(C)c1c-2ccc2cccnc12. The highest BCUT2D eigenvalue weighted by atomic mass is 15.4. The zero-order valence-corrected chi connectivity index (χ0v) is 19.1. The molecule has 1 aliphatic carbocycles. The number of hydrogen-bond donors (Lipinski definition) is 0. The molecule has 0 saturated carbocycles. The lowest BCUT2D eigenvalue weighted by Gasteiger charge is -2.50. The number of pyridine rings is 1. The van der Waals surface area contributed by atoms with Crippen molar-refractivity contribution in [2.75, 3.05) is 11.9 Å². The number of hydrogen-bond acceptors (Lipinski definition) is 3. The average molecular weight is 398 g/mol. The van der Waals surface area contributed by atoms with Gasteiger partial charge in [0, 0.05) is 47.5 Å². The minimum atomic E-state index is -0.0790. The van der Waals surface area contributed by atoms with Crippen molar-refractivity contribution in [3.63, 3.8) is 0 Å². The zero-order valence-electron chi connectivity index (χ0n) is 19.1. The van der Waals surface area contributed by atoms with Crippen molar-refractivity contribution in [2.24, 2.45) is 0 Å². The molecule has 0 bridgehead atoms. The molecule has 0 saturated heterocycles. The normalized spacial score (nSPS) is 21.1. The van der Waals surface area contributed by atoms with Gasteiger partial charge in [0.05, 0.1) is 5.52 Å². The Bertz CT molecular complexity index is 1200. The maximum absolute atomic E-state index is 4.84. The van der Waals surface area contributed by atoms with Gasteiger partial charge in [0.2, 0.25) is 0 Å². The van der Waals surface area contributed by atoms with Crippen LogP contribution in [0.4, 0.5) is 5.69 Å². The topological polar surface area (TPSA) is 19.4 Å². The largest absolute Gasteiger partial charge is 0.359 e. The summed E-state index contributed by atoms with van der Waals surface area (Å²) in [5, 5.41) is 1.22. The number of nitrogens with zero attached hydrogens (tertiary/aromatic N) is 3. The summed E-state index contributed by atoms with van der Waals surface area (Å²) in [7, 11) is 2.15. The molecule has 0 N–H and O–H groups in total. The van der Waals surface area contributed by atoms with Crippen LogP contribution >= 0.6 is 0 Å². The smallest absolute Gasteiger partial charge is 0.102 e. The Morgan fingerprint density at radius 3 is 2.23 bits per heavy atom. The van der Waals surface area contributed by atoms with Crippen LogP contribution < -0.4 is 4.90 Å². The highest BCUT2D eigenvalue weighted by Crippen LogP contribution is 2.58. The molecule has 3 aromatic rings. The average Bonchev–Trinajstić information content (AvgIpc) is 3.04. The molecule has 30 heavy (non-hydrogen) atoms. The second kappa shape index (κ2) is 6.10. The molecule has 0 radical (unpaired) electrons. The zero-order chi connectivity index (χ0) is 21.4. The Morgan fingerprint density at radius 1 is 0.867 bits per heavy atom. The summed E-state index contributed by atoms with van der Waals surface area (Å²) in [5.74, 6) is 0. The van der Waals surface area contributed by atoms with Gasteiger partial charge in [-0.1, -0.05) is 58.0 Å². The number of anilines is 1. The Labute approximate surface area is 180 Å². The van der Waals surface area contributed by atoms with Gasteiger partial charge in [0.25, 0.3) is 0 Å². The lowest BCUT2D eigenvalue weighted by atomic mass is 9.54. The molecule has 3 heteroatoms. The highest BCUT2D eigenvalue weighted by molar-refractivity contribution is 5.95. The summed E-state index contributed by atoms with van der Waals surface area (Å²) in [5.41, 5.74) is 9.15. The summed E-state index contributed by atoms with van der Waals surface area (Å²) >= 11 is 0. The van der Waals surface area contributed by atoms with E-state index in [1.54, 1.807) is 0 Å². The van der Waals surface area contributed by atoms with Crippen LogP contribution in [0.1, 0.15) is 51.3 Å². The van der Waals surface area contributed by atoms with Crippen LogP contribution in [0.25, 0.3) is 22.0 Å². The first-order chi connectivity index (χ1) is 14.2. The molecule has 0 spiro atoms. The summed E-state index contributed by atoms with van der Waals surface area (Å²) < 4.78 is 0. The van der Waals surface area contributed by atoms with Crippen molar-refractivity contribution in [2.45, 2.75) is 58.5 Å². The molecule has 1 atom stereocenters. The molecule has 5 rings (SSSR count). The van der Waals surface area contributed by atoms with Crippen molar-refractivity contribution in [3.8, 4) is 11.1 Å². The lowest BCUT2D eigenvalue weighted by Crippen LogP contribution is -2.45. The predicted octanol–water partition coefficient (Wildman–Crippen LogP) is 6.35. The third-order valence-electron chi connectivity index (χ3n) is 7.97. The molecule has 2 aromatic carbocycles. The van der Waals surface area contributed by atoms with E-state index in [2.05, 4.69) is 101 Å². The van der Waals surface area contributed by atoms with Gasteiger partial charge in [-0.25, -0.2) is 0 Å². The van der Waals surface area contributed by atoms with Gasteiger partial charge in [0.15, 0.2) is 0 Å². The third-order valence-corrected chi connectivity index (χ3v) is 7.97. The van der Waals surface area contributed by atoms with E-state index in [0.29, 0.717) is 6.17 Å². The van der Waals surface area contributed by atoms with Crippen molar-refractivity contribution in [1.29, 1.82) is 0 Å². The molecule has 0 unspecified atom stereocenters. The van der Waals surface area contributed by atoms with E-state index in [9.17, 15) is 0 Å². The Hall–Kier alpha value is -2.81. The van der Waals surface area contributed by atoms with Crippen LogP contribution in [0.15, 0.2) is 55.0 Å². The van der Waals surface area contributed by atoms with Crippen LogP contribution in [0.3, 0.4) is 0 Å². The van der Waals surface area contributed by atoms with Crippen LogP contribution in [0, 0.1) is 6.92 Å². The summed E-state index contributed by atoms with van der Waals surface area (Å²) in [6, 6.07) is 13.4. The maximum atomic E-state index is 4.84. The van der Waals surface area contributed by atoms with Crippen LogP contribution in [0.2, 0.25) is 0 Å². The fraction of sp³-hybridized carbons (Fsp3) is 0.370. The fourth-order valence-electron chi connectivity index (χ4n) is 5.40. The molecule has 2 aliphatic rings. The van der Waals surface area contributed by atoms with E-state index >= 15 is 0 Å². The van der Waals surface area contributed by atoms with Crippen LogP contribution in [-0.4, -0.2) is 23.1 Å². The first-order valence-corrected chi connectivity index (χ1v) is 10.9. The minimum Gasteiger partial charge on any atom is -0.359 e. The Balaban J connectivity index is 1.90. The second-order valence-corrected chi connectivity index (χ2v) is 9.97. The Morgan fingerprint density at radius 2 is 1.53 bits per heavy atom. The lowest BCUT2D eigenvalue weighted by molar-refractivity contribution is 0.300. The minimum absolute atomic E-state index is 0.0722. The molecule has 2 heterocycles. The molecule has 1 aliphatic heterocycles. The highest BCUT2D eigenvalue weighted by Gasteiger charge is 2.49. The van der Waals surface area contributed by atoms with E-state index in [-0.39, 0.29) is 10.8 Å². The first kappa shape index (κ1) is 19.2. The second-order valence-electron chi connectivity index (χ2n) is 9.97. The van der Waals surface area contributed by atoms with Gasteiger partial charge >= 0.3 is 0 Å². The van der Waals surface area contributed by atoms with E-state index in [1.165, 1.54) is 38.9 Å². The molecule has 1 aromatic heterocycles. The maximum Gasteiger partial charge on any atom is 0.102 e. The number of rotatable bonds is 1. The third kappa shape index (κ3) is 2.29. The molecule has 0 amide bonds. The first-order valence-electron chi connectivity index (χ1n) is 10.9. The quantitative estimate of drug-likeness (QED) is 0.477. The summed E-state index contributed by atoms with van der Waals surface area (Å²) in [6.07, 6.45) is 6.63. The number of aromatic nitrogens is 1. The number of fused-ring (bicyclic) bond motifs is 5. The van der Waals surface area contributed by atoms with Crippen molar-refractivity contribution >= 4 is 16.6 Å². The summed E-state index contributed by atoms with van der Waals surface area (Å²) in [4.78, 5) is 9.55. The standard InChI is InChI=1S/C27H31N3/c1-17-10-12-21-20-13-11-19-9-8-14-28-24(19)22(20)26(3,4)27(5,6)23(21)25(17)30-16-15-29(7)18(30)2/h8-16,18H,1-7H3/t18-/m0/s1. The van der Waals surface area contributed by atoms with Crippen molar-refractivity contribution in [1.82, 2.24) is 9.88 Å². The predicted molar refractivity (Wildman–Crippen MR) is 127 cm³/mol. The van der Waals surface area contributed by atoms with E-state index in [0.717, 1.165) is 5.52 Å². The van der Waals surface area contributed by atoms with Gasteiger partial charge in [-0.2, -0.15) is 0 Å². The number of benzene rings is 2. The molecule has 0 fully saturated rings. The van der Waals surface area contributed by atoms with E-state index in [1.807, 2.05) is 12.3 Å². The van der Waals surface area contributed by atoms with Gasteiger partial charge in [-0.15, -0.1) is 0 Å². The van der Waals surface area contributed by atoms with Crippen LogP contribution in [0.5, 0.6) is 0 Å². The van der Waals surface area contributed by atoms with E-state index in [4.69, 9.17) is 4.98 Å². The fourth-order valence-corrected chi connectivity index (χ4v) is 5.40.